The minimum atomic E-state index is -3.25. The van der Waals surface area contributed by atoms with Crippen LogP contribution in [0.15, 0.2) is 30.3 Å². The predicted molar refractivity (Wildman–Crippen MR) is 43.1 cm³/mol. The molecule has 0 aliphatic carbocycles. The molecule has 1 aromatic carbocycles. The van der Waals surface area contributed by atoms with Gasteiger partial charge in [-0.3, -0.25) is 0 Å². The van der Waals surface area contributed by atoms with Crippen LogP contribution in [0.25, 0.3) is 0 Å². The SMILES string of the molecule is CS(=O)(=O)[N]c1ccccc1. The van der Waals surface area contributed by atoms with Crippen molar-refractivity contribution in [2.75, 3.05) is 6.26 Å². The van der Waals surface area contributed by atoms with Gasteiger partial charge in [-0.05, 0) is 12.1 Å². The molecule has 11 heavy (non-hydrogen) atoms. The van der Waals surface area contributed by atoms with Crippen molar-refractivity contribution in [2.45, 2.75) is 0 Å². The molecule has 59 valence electrons. The summed E-state index contributed by atoms with van der Waals surface area (Å²) in [5.74, 6) is 0. The third kappa shape index (κ3) is 3.04. The van der Waals surface area contributed by atoms with E-state index in [1.807, 2.05) is 0 Å². The summed E-state index contributed by atoms with van der Waals surface area (Å²) in [7, 11) is -3.25. The monoisotopic (exact) mass is 170 g/mol. The Morgan fingerprint density at radius 3 is 2.18 bits per heavy atom. The van der Waals surface area contributed by atoms with Crippen LogP contribution >= 0.6 is 0 Å². The van der Waals surface area contributed by atoms with Crippen molar-refractivity contribution in [2.24, 2.45) is 0 Å². The third-order valence-electron chi connectivity index (χ3n) is 1.03. The van der Waals surface area contributed by atoms with Gasteiger partial charge in [-0.1, -0.05) is 18.2 Å². The standard InChI is InChI=1S/C7H8NO2S/c1-11(9,10)8-7-5-3-2-4-6-7/h2-6H,1H3. The normalized spacial score (nSPS) is 11.0. The molecule has 0 heterocycles. The van der Waals surface area contributed by atoms with Gasteiger partial charge in [0.1, 0.15) is 0 Å². The number of benzene rings is 1. The highest BCUT2D eigenvalue weighted by Crippen LogP contribution is 2.06. The zero-order chi connectivity index (χ0) is 8.32. The Balaban J connectivity index is 2.82. The first-order valence-electron chi connectivity index (χ1n) is 3.06. The largest absolute Gasteiger partial charge is 0.250 e. The molecule has 4 heteroatoms. The number of rotatable bonds is 2. The third-order valence-corrected chi connectivity index (χ3v) is 1.57. The van der Waals surface area contributed by atoms with Gasteiger partial charge < -0.3 is 0 Å². The van der Waals surface area contributed by atoms with Crippen LogP contribution in [0.1, 0.15) is 0 Å². The van der Waals surface area contributed by atoms with Crippen LogP contribution in [-0.2, 0) is 10.0 Å². The van der Waals surface area contributed by atoms with Gasteiger partial charge in [0.25, 0.3) is 10.0 Å². The minimum absolute atomic E-state index is 0.468. The van der Waals surface area contributed by atoms with Crippen LogP contribution in [-0.4, -0.2) is 14.7 Å². The highest BCUT2D eigenvalue weighted by molar-refractivity contribution is 7.88. The number of nitrogens with zero attached hydrogens (tertiary/aromatic N) is 1. The van der Waals surface area contributed by atoms with Crippen LogP contribution in [0.4, 0.5) is 5.69 Å². The van der Waals surface area contributed by atoms with Gasteiger partial charge in [-0.2, -0.15) is 4.72 Å². The number of hydrogen-bond donors (Lipinski definition) is 0. The summed E-state index contributed by atoms with van der Waals surface area (Å²) in [6.45, 7) is 0. The first-order chi connectivity index (χ1) is 5.08. The highest BCUT2D eigenvalue weighted by atomic mass is 32.2. The van der Waals surface area contributed by atoms with E-state index in [-0.39, 0.29) is 0 Å². The topological polar surface area (TPSA) is 48.2 Å². The van der Waals surface area contributed by atoms with Crippen LogP contribution in [0.3, 0.4) is 0 Å². The summed E-state index contributed by atoms with van der Waals surface area (Å²) < 4.78 is 24.7. The predicted octanol–water partition coefficient (Wildman–Crippen LogP) is 0.882. The van der Waals surface area contributed by atoms with Crippen molar-refractivity contribution < 1.29 is 8.42 Å². The molecule has 0 bridgehead atoms. The van der Waals surface area contributed by atoms with E-state index in [4.69, 9.17) is 0 Å². The zero-order valence-electron chi connectivity index (χ0n) is 6.06. The molecule has 0 amide bonds. The van der Waals surface area contributed by atoms with E-state index in [0.717, 1.165) is 6.26 Å². The molecule has 0 spiro atoms. The molecule has 0 saturated heterocycles. The van der Waals surface area contributed by atoms with Crippen LogP contribution in [0, 0.1) is 0 Å². The molecule has 0 atom stereocenters. The van der Waals surface area contributed by atoms with Crippen LogP contribution < -0.4 is 4.72 Å². The van der Waals surface area contributed by atoms with Gasteiger partial charge in [0.15, 0.2) is 0 Å². The van der Waals surface area contributed by atoms with Crippen molar-refractivity contribution >= 4 is 15.7 Å². The van der Waals surface area contributed by atoms with Crippen molar-refractivity contribution in [1.29, 1.82) is 0 Å². The van der Waals surface area contributed by atoms with E-state index in [1.54, 1.807) is 30.3 Å². The van der Waals surface area contributed by atoms with Gasteiger partial charge in [0, 0.05) is 0 Å². The van der Waals surface area contributed by atoms with E-state index in [1.165, 1.54) is 0 Å². The first kappa shape index (κ1) is 8.07. The maximum atomic E-state index is 10.6. The van der Waals surface area contributed by atoms with Gasteiger partial charge in [-0.25, -0.2) is 8.42 Å². The minimum Gasteiger partial charge on any atom is -0.205 e. The molecule has 0 aliphatic rings. The maximum Gasteiger partial charge on any atom is 0.250 e. The summed E-state index contributed by atoms with van der Waals surface area (Å²) >= 11 is 0. The molecule has 3 nitrogen and oxygen atoms in total. The Hall–Kier alpha value is -1.03. The molecule has 0 aromatic heterocycles. The van der Waals surface area contributed by atoms with Crippen molar-refractivity contribution in [1.82, 2.24) is 4.72 Å². The molecule has 0 unspecified atom stereocenters. The zero-order valence-corrected chi connectivity index (χ0v) is 6.88. The Morgan fingerprint density at radius 1 is 1.18 bits per heavy atom. The molecular weight excluding hydrogens is 162 g/mol. The Bertz CT molecular complexity index is 318. The molecule has 0 saturated carbocycles. The van der Waals surface area contributed by atoms with Gasteiger partial charge in [0.2, 0.25) is 0 Å². The summed E-state index contributed by atoms with van der Waals surface area (Å²) in [6, 6.07) is 8.57. The molecular formula is C7H8NO2S. The second kappa shape index (κ2) is 2.92. The fraction of sp³-hybridized carbons (Fsp3) is 0.143. The summed E-state index contributed by atoms with van der Waals surface area (Å²) in [4.78, 5) is 0. The lowest BCUT2D eigenvalue weighted by Crippen LogP contribution is -2.07. The average Bonchev–Trinajstić information content (AvgIpc) is 1.85. The Morgan fingerprint density at radius 2 is 1.73 bits per heavy atom. The number of sulfonamides is 1. The molecule has 1 radical (unpaired) electrons. The van der Waals surface area contributed by atoms with Gasteiger partial charge in [0.05, 0.1) is 11.9 Å². The number of hydrogen-bond acceptors (Lipinski definition) is 2. The maximum absolute atomic E-state index is 10.6. The second-order valence-corrected chi connectivity index (χ2v) is 3.81. The van der Waals surface area contributed by atoms with Crippen molar-refractivity contribution in [3.8, 4) is 0 Å². The highest BCUT2D eigenvalue weighted by Gasteiger charge is 2.02. The Labute approximate surface area is 66.1 Å². The molecule has 1 aromatic rings. The van der Waals surface area contributed by atoms with Crippen molar-refractivity contribution in [3.63, 3.8) is 0 Å². The fourth-order valence-corrected chi connectivity index (χ4v) is 1.18. The van der Waals surface area contributed by atoms with E-state index in [9.17, 15) is 8.42 Å². The lowest BCUT2D eigenvalue weighted by atomic mass is 10.3. The molecule has 0 aliphatic heterocycles. The van der Waals surface area contributed by atoms with Gasteiger partial charge >= 0.3 is 0 Å². The van der Waals surface area contributed by atoms with Gasteiger partial charge in [-0.15, -0.1) is 0 Å². The van der Waals surface area contributed by atoms with E-state index in [2.05, 4.69) is 4.72 Å². The average molecular weight is 170 g/mol. The van der Waals surface area contributed by atoms with E-state index >= 15 is 0 Å². The second-order valence-electron chi connectivity index (χ2n) is 2.16. The van der Waals surface area contributed by atoms with E-state index < -0.39 is 10.0 Å². The lowest BCUT2D eigenvalue weighted by molar-refractivity contribution is 0.596. The summed E-state index contributed by atoms with van der Waals surface area (Å²) in [6.07, 6.45) is 1.07. The molecule has 0 fully saturated rings. The quantitative estimate of drug-likeness (QED) is 0.661. The summed E-state index contributed by atoms with van der Waals surface area (Å²) in [5.41, 5.74) is 0.468. The Kier molecular flexibility index (Phi) is 2.14. The first-order valence-corrected chi connectivity index (χ1v) is 4.91. The molecule has 1 rings (SSSR count). The fourth-order valence-electron chi connectivity index (χ4n) is 0.680. The van der Waals surface area contributed by atoms with Crippen LogP contribution in [0.5, 0.6) is 0 Å². The molecule has 0 N–H and O–H groups in total. The van der Waals surface area contributed by atoms with Crippen molar-refractivity contribution in [3.05, 3.63) is 30.3 Å². The van der Waals surface area contributed by atoms with E-state index in [0.29, 0.717) is 5.69 Å². The van der Waals surface area contributed by atoms with Crippen LogP contribution in [0.2, 0.25) is 0 Å². The lowest BCUT2D eigenvalue weighted by Gasteiger charge is -1.96. The summed E-state index contributed by atoms with van der Waals surface area (Å²) in [5, 5.41) is 0. The smallest absolute Gasteiger partial charge is 0.205 e.